The Bertz CT molecular complexity index is 873. The summed E-state index contributed by atoms with van der Waals surface area (Å²) in [5.41, 5.74) is 0.234. The molecule has 2 N–H and O–H groups in total. The molecule has 2 atom stereocenters. The Kier molecular flexibility index (Phi) is 6.73. The minimum atomic E-state index is -4.97. The van der Waals surface area contributed by atoms with E-state index in [4.69, 9.17) is 11.6 Å². The summed E-state index contributed by atoms with van der Waals surface area (Å²) >= 11 is 5.89. The third-order valence-electron chi connectivity index (χ3n) is 5.69. The van der Waals surface area contributed by atoms with Crippen molar-refractivity contribution in [1.29, 1.82) is 0 Å². The third kappa shape index (κ3) is 5.51. The van der Waals surface area contributed by atoms with Crippen molar-refractivity contribution in [2.24, 2.45) is 11.8 Å². The van der Waals surface area contributed by atoms with Gasteiger partial charge in [-0.15, -0.1) is 13.2 Å². The minimum Gasteiger partial charge on any atom is -0.404 e. The van der Waals surface area contributed by atoms with Gasteiger partial charge in [0.2, 0.25) is 5.91 Å². The van der Waals surface area contributed by atoms with Crippen LogP contribution in [0.15, 0.2) is 18.2 Å². The number of piperazine rings is 1. The fourth-order valence-corrected chi connectivity index (χ4v) is 4.10. The highest BCUT2D eigenvalue weighted by Crippen LogP contribution is 2.50. The average Bonchev–Trinajstić information content (AvgIpc) is 2.61. The maximum Gasteiger partial charge on any atom is 0.573 e. The molecule has 6 nitrogen and oxygen atoms in total. The second-order valence-electron chi connectivity index (χ2n) is 7.80. The molecule has 0 bridgehead atoms. The molecular weight excluding hydrogens is 468 g/mol. The zero-order valence-electron chi connectivity index (χ0n) is 16.7. The number of ether oxygens (including phenoxy) is 1. The van der Waals surface area contributed by atoms with Crippen LogP contribution < -0.4 is 15.4 Å². The highest BCUT2D eigenvalue weighted by atomic mass is 35.5. The molecule has 13 heteroatoms. The SMILES string of the molecule is C[C@@H]1C(=O)NCCN1C(=O)N[C@H](c1ccc(OC(F)(F)F)c(Cl)c1)C1CC(C(F)(F)F)C1. The predicted octanol–water partition coefficient (Wildman–Crippen LogP) is 4.40. The highest BCUT2D eigenvalue weighted by Gasteiger charge is 2.50. The Hall–Kier alpha value is -2.37. The van der Waals surface area contributed by atoms with Crippen LogP contribution in [-0.2, 0) is 4.79 Å². The summed E-state index contributed by atoms with van der Waals surface area (Å²) in [6.45, 7) is 1.92. The largest absolute Gasteiger partial charge is 0.573 e. The van der Waals surface area contributed by atoms with Crippen molar-refractivity contribution in [3.8, 4) is 5.75 Å². The van der Waals surface area contributed by atoms with Crippen molar-refractivity contribution in [3.05, 3.63) is 28.8 Å². The Labute approximate surface area is 184 Å². The van der Waals surface area contributed by atoms with Crippen molar-refractivity contribution in [2.45, 2.75) is 44.4 Å². The number of urea groups is 1. The Morgan fingerprint density at radius 2 is 1.91 bits per heavy atom. The molecule has 32 heavy (non-hydrogen) atoms. The van der Waals surface area contributed by atoms with E-state index in [2.05, 4.69) is 15.4 Å². The number of nitrogens with one attached hydrogen (secondary N) is 2. The van der Waals surface area contributed by atoms with Crippen molar-refractivity contribution < 1.29 is 40.7 Å². The number of amides is 3. The fraction of sp³-hybridized carbons (Fsp3) is 0.579. The van der Waals surface area contributed by atoms with Gasteiger partial charge in [0.05, 0.1) is 17.0 Å². The zero-order valence-corrected chi connectivity index (χ0v) is 17.4. The molecule has 0 unspecified atom stereocenters. The molecule has 1 aliphatic carbocycles. The summed E-state index contributed by atoms with van der Waals surface area (Å²) in [6.07, 6.45) is -9.88. The maximum absolute atomic E-state index is 13.0. The molecule has 1 aromatic rings. The minimum absolute atomic E-state index is 0.195. The average molecular weight is 488 g/mol. The number of carbonyl (C=O) groups excluding carboxylic acids is 2. The first-order valence-corrected chi connectivity index (χ1v) is 10.1. The molecule has 3 rings (SSSR count). The van der Waals surface area contributed by atoms with E-state index in [-0.39, 0.29) is 37.4 Å². The molecule has 0 spiro atoms. The molecular formula is C19H20ClF6N3O3. The quantitative estimate of drug-likeness (QED) is 0.619. The molecule has 1 heterocycles. The first-order valence-electron chi connectivity index (χ1n) is 9.73. The van der Waals surface area contributed by atoms with Crippen LogP contribution in [0.5, 0.6) is 5.75 Å². The molecule has 1 aromatic carbocycles. The van der Waals surface area contributed by atoms with E-state index in [1.807, 2.05) is 0 Å². The molecule has 2 aliphatic rings. The number of hydrogen-bond donors (Lipinski definition) is 2. The second-order valence-corrected chi connectivity index (χ2v) is 8.20. The molecule has 2 fully saturated rings. The van der Waals surface area contributed by atoms with E-state index in [1.54, 1.807) is 0 Å². The van der Waals surface area contributed by atoms with Gasteiger partial charge in [-0.2, -0.15) is 13.2 Å². The Balaban J connectivity index is 1.82. The molecule has 3 amide bonds. The standard InChI is InChI=1S/C19H20ClF6N3O3/c1-9-16(30)27-4-5-29(9)17(31)28-15(11-6-12(7-11)18(21,22)23)10-2-3-14(13(20)8-10)32-19(24,25)26/h2-3,8-9,11-12,15H,4-7H2,1H3,(H,27,30)(H,28,31)/t9-,11?,12?,15-/m1/s1. The molecule has 0 aromatic heterocycles. The predicted molar refractivity (Wildman–Crippen MR) is 101 cm³/mol. The monoisotopic (exact) mass is 487 g/mol. The third-order valence-corrected chi connectivity index (χ3v) is 5.98. The summed E-state index contributed by atoms with van der Waals surface area (Å²) in [4.78, 5) is 25.9. The number of hydrogen-bond acceptors (Lipinski definition) is 3. The Morgan fingerprint density at radius 1 is 1.25 bits per heavy atom. The number of alkyl halides is 6. The van der Waals surface area contributed by atoms with Gasteiger partial charge in [-0.3, -0.25) is 4.79 Å². The molecule has 1 saturated heterocycles. The number of halogens is 7. The summed E-state index contributed by atoms with van der Waals surface area (Å²) in [5.74, 6) is -3.20. The number of rotatable bonds is 4. The van der Waals surface area contributed by atoms with Gasteiger partial charge in [0.15, 0.2) is 0 Å². The maximum atomic E-state index is 13.0. The van der Waals surface area contributed by atoms with E-state index < -0.39 is 53.3 Å². The van der Waals surface area contributed by atoms with Crippen LogP contribution in [0.2, 0.25) is 5.02 Å². The number of carbonyl (C=O) groups is 2. The van der Waals surface area contributed by atoms with Crippen LogP contribution in [0, 0.1) is 11.8 Å². The van der Waals surface area contributed by atoms with Crippen molar-refractivity contribution >= 4 is 23.5 Å². The lowest BCUT2D eigenvalue weighted by Gasteiger charge is -2.43. The molecule has 1 aliphatic heterocycles. The lowest BCUT2D eigenvalue weighted by atomic mass is 9.69. The van der Waals surface area contributed by atoms with Crippen LogP contribution in [0.4, 0.5) is 31.1 Å². The fourth-order valence-electron chi connectivity index (χ4n) is 3.87. The van der Waals surface area contributed by atoms with E-state index in [0.29, 0.717) is 0 Å². The van der Waals surface area contributed by atoms with Crippen molar-refractivity contribution in [3.63, 3.8) is 0 Å². The number of benzene rings is 1. The van der Waals surface area contributed by atoms with Gasteiger partial charge in [0, 0.05) is 13.1 Å². The summed E-state index contributed by atoms with van der Waals surface area (Å²) in [6, 6.07) is 0.878. The Morgan fingerprint density at radius 3 is 2.47 bits per heavy atom. The molecule has 1 saturated carbocycles. The van der Waals surface area contributed by atoms with Gasteiger partial charge in [0.1, 0.15) is 11.8 Å². The van der Waals surface area contributed by atoms with E-state index in [9.17, 15) is 35.9 Å². The van der Waals surface area contributed by atoms with Gasteiger partial charge in [-0.05, 0) is 43.4 Å². The van der Waals surface area contributed by atoms with Crippen molar-refractivity contribution in [1.82, 2.24) is 15.5 Å². The highest BCUT2D eigenvalue weighted by molar-refractivity contribution is 6.32. The lowest BCUT2D eigenvalue weighted by molar-refractivity contribution is -0.274. The van der Waals surface area contributed by atoms with Crippen LogP contribution >= 0.6 is 11.6 Å². The summed E-state index contributed by atoms with van der Waals surface area (Å²) in [5, 5.41) is 4.83. The summed E-state index contributed by atoms with van der Waals surface area (Å²) < 4.78 is 80.2. The second kappa shape index (κ2) is 8.87. The van der Waals surface area contributed by atoms with Gasteiger partial charge >= 0.3 is 18.6 Å². The topological polar surface area (TPSA) is 70.7 Å². The first kappa shape index (κ1) is 24.3. The zero-order chi connectivity index (χ0) is 23.8. The first-order chi connectivity index (χ1) is 14.8. The van der Waals surface area contributed by atoms with Gasteiger partial charge in [-0.1, -0.05) is 17.7 Å². The molecule has 0 radical (unpaired) electrons. The van der Waals surface area contributed by atoms with E-state index in [1.165, 1.54) is 17.9 Å². The van der Waals surface area contributed by atoms with Crippen LogP contribution in [0.25, 0.3) is 0 Å². The van der Waals surface area contributed by atoms with Crippen molar-refractivity contribution in [2.75, 3.05) is 13.1 Å². The smallest absolute Gasteiger partial charge is 0.404 e. The normalized spacial score (nSPS) is 24.9. The van der Waals surface area contributed by atoms with Gasteiger partial charge in [0.25, 0.3) is 0 Å². The molecule has 178 valence electrons. The lowest BCUT2D eigenvalue weighted by Crippen LogP contribution is -2.59. The number of nitrogens with zero attached hydrogens (tertiary/aromatic N) is 1. The van der Waals surface area contributed by atoms with E-state index in [0.717, 1.165) is 12.1 Å². The van der Waals surface area contributed by atoms with Crippen LogP contribution in [0.3, 0.4) is 0 Å². The van der Waals surface area contributed by atoms with Crippen LogP contribution in [-0.4, -0.2) is 48.5 Å². The van der Waals surface area contributed by atoms with E-state index >= 15 is 0 Å². The van der Waals surface area contributed by atoms with Crippen LogP contribution in [0.1, 0.15) is 31.4 Å². The summed E-state index contributed by atoms with van der Waals surface area (Å²) in [7, 11) is 0. The van der Waals surface area contributed by atoms with Gasteiger partial charge < -0.3 is 20.3 Å². The van der Waals surface area contributed by atoms with Gasteiger partial charge in [-0.25, -0.2) is 4.79 Å².